The van der Waals surface area contributed by atoms with Crippen molar-refractivity contribution in [1.82, 2.24) is 5.32 Å². The van der Waals surface area contributed by atoms with Gasteiger partial charge < -0.3 is 15.7 Å². The zero-order valence-corrected chi connectivity index (χ0v) is 13.7. The maximum atomic E-state index is 14.4. The number of halogens is 2. The van der Waals surface area contributed by atoms with E-state index >= 15 is 0 Å². The van der Waals surface area contributed by atoms with Crippen LogP contribution in [0.3, 0.4) is 0 Å². The predicted molar refractivity (Wildman–Crippen MR) is 92.3 cm³/mol. The molecule has 3 N–H and O–H groups in total. The molecule has 0 aromatic heterocycles. The fourth-order valence-electron chi connectivity index (χ4n) is 2.96. The van der Waals surface area contributed by atoms with Crippen LogP contribution in [0.5, 0.6) is 5.75 Å². The van der Waals surface area contributed by atoms with E-state index in [1.165, 1.54) is 24.3 Å². The molecule has 1 fully saturated rings. The number of carbonyl (C=O) groups excluding carboxylic acids is 1. The van der Waals surface area contributed by atoms with Gasteiger partial charge in [0.2, 0.25) is 0 Å². The highest BCUT2D eigenvalue weighted by Gasteiger charge is 2.19. The Morgan fingerprint density at radius 3 is 2.67 bits per heavy atom. The van der Waals surface area contributed by atoms with E-state index in [0.717, 1.165) is 25.9 Å². The van der Waals surface area contributed by atoms with Gasteiger partial charge in [-0.05, 0) is 67.7 Å². The number of piperidine rings is 1. The molecular formula is C18H18ClFN2O2. The molecule has 0 spiro atoms. The normalized spacial score (nSPS) is 15.2. The van der Waals surface area contributed by atoms with Gasteiger partial charge in [0.15, 0.2) is 0 Å². The highest BCUT2D eigenvalue weighted by molar-refractivity contribution is 6.31. The van der Waals surface area contributed by atoms with Crippen molar-refractivity contribution in [3.8, 4) is 5.75 Å². The molecular weight excluding hydrogens is 331 g/mol. The Bertz CT molecular complexity index is 761. The molecule has 2 aromatic rings. The van der Waals surface area contributed by atoms with Crippen LogP contribution in [0.15, 0.2) is 36.4 Å². The van der Waals surface area contributed by atoms with Crippen molar-refractivity contribution in [3.63, 3.8) is 0 Å². The molecule has 0 saturated carbocycles. The lowest BCUT2D eigenvalue weighted by molar-refractivity contribution is 0.102. The summed E-state index contributed by atoms with van der Waals surface area (Å²) in [4.78, 5) is 12.2. The third-order valence-corrected chi connectivity index (χ3v) is 4.48. The third-order valence-electron chi connectivity index (χ3n) is 4.24. The van der Waals surface area contributed by atoms with Gasteiger partial charge in [-0.15, -0.1) is 0 Å². The van der Waals surface area contributed by atoms with E-state index in [9.17, 15) is 14.3 Å². The van der Waals surface area contributed by atoms with Crippen LogP contribution in [0.2, 0.25) is 5.02 Å². The van der Waals surface area contributed by atoms with Gasteiger partial charge >= 0.3 is 0 Å². The number of anilines is 1. The van der Waals surface area contributed by atoms with Crippen molar-refractivity contribution in [2.24, 2.45) is 0 Å². The van der Waals surface area contributed by atoms with Crippen molar-refractivity contribution in [3.05, 3.63) is 58.4 Å². The second-order valence-corrected chi connectivity index (χ2v) is 6.31. The Morgan fingerprint density at radius 1 is 1.21 bits per heavy atom. The monoisotopic (exact) mass is 348 g/mol. The van der Waals surface area contributed by atoms with Gasteiger partial charge in [-0.2, -0.15) is 0 Å². The smallest absolute Gasteiger partial charge is 0.259 e. The average molecular weight is 349 g/mol. The molecule has 126 valence electrons. The third kappa shape index (κ3) is 3.68. The van der Waals surface area contributed by atoms with Crippen LogP contribution in [-0.4, -0.2) is 24.1 Å². The predicted octanol–water partition coefficient (Wildman–Crippen LogP) is 3.90. The van der Waals surface area contributed by atoms with E-state index in [4.69, 9.17) is 11.6 Å². The minimum absolute atomic E-state index is 0.0466. The minimum Gasteiger partial charge on any atom is -0.507 e. The molecule has 0 radical (unpaired) electrons. The van der Waals surface area contributed by atoms with E-state index in [1.807, 2.05) is 0 Å². The molecule has 24 heavy (non-hydrogen) atoms. The number of carbonyl (C=O) groups is 1. The Hall–Kier alpha value is -2.11. The van der Waals surface area contributed by atoms with Crippen molar-refractivity contribution >= 4 is 23.2 Å². The largest absolute Gasteiger partial charge is 0.507 e. The molecule has 0 aliphatic carbocycles. The topological polar surface area (TPSA) is 61.4 Å². The Balaban J connectivity index is 1.77. The molecule has 2 aromatic carbocycles. The summed E-state index contributed by atoms with van der Waals surface area (Å²) >= 11 is 5.84. The first-order valence-corrected chi connectivity index (χ1v) is 8.22. The van der Waals surface area contributed by atoms with Gasteiger partial charge in [0, 0.05) is 10.7 Å². The maximum Gasteiger partial charge on any atom is 0.259 e. The SMILES string of the molecule is O=C(Nc1ccc(C2CCNCC2)c(F)c1)c1cc(Cl)ccc1O. The lowest BCUT2D eigenvalue weighted by Crippen LogP contribution is -2.27. The summed E-state index contributed by atoms with van der Waals surface area (Å²) in [5.41, 5.74) is 1.07. The summed E-state index contributed by atoms with van der Waals surface area (Å²) in [6, 6.07) is 8.92. The summed E-state index contributed by atoms with van der Waals surface area (Å²) in [5.74, 6) is -0.837. The van der Waals surface area contributed by atoms with Crippen LogP contribution in [0, 0.1) is 5.82 Å². The first-order chi connectivity index (χ1) is 11.5. The molecule has 0 unspecified atom stereocenters. The molecule has 0 bridgehead atoms. The number of aromatic hydroxyl groups is 1. The first kappa shape index (κ1) is 16.7. The summed E-state index contributed by atoms with van der Waals surface area (Å²) in [6.45, 7) is 1.77. The fourth-order valence-corrected chi connectivity index (χ4v) is 3.13. The quantitative estimate of drug-likeness (QED) is 0.788. The number of hydrogen-bond donors (Lipinski definition) is 3. The van der Waals surface area contributed by atoms with Crippen molar-refractivity contribution < 1.29 is 14.3 Å². The Labute approximate surface area is 144 Å². The molecule has 4 nitrogen and oxygen atoms in total. The Morgan fingerprint density at radius 2 is 1.96 bits per heavy atom. The standard InChI is InChI=1S/C18H18ClFN2O2/c19-12-1-4-17(23)15(9-12)18(24)22-13-2-3-14(16(20)10-13)11-5-7-21-8-6-11/h1-4,9-11,21,23H,5-8H2,(H,22,24). The number of hydrogen-bond acceptors (Lipinski definition) is 3. The van der Waals surface area contributed by atoms with Crippen LogP contribution in [0.25, 0.3) is 0 Å². The summed E-state index contributed by atoms with van der Waals surface area (Å²) < 4.78 is 14.4. The molecule has 1 aliphatic rings. The molecule has 0 atom stereocenters. The van der Waals surface area contributed by atoms with Crippen molar-refractivity contribution in [2.75, 3.05) is 18.4 Å². The highest BCUT2D eigenvalue weighted by Crippen LogP contribution is 2.29. The fraction of sp³-hybridized carbons (Fsp3) is 0.278. The van der Waals surface area contributed by atoms with Crippen LogP contribution in [-0.2, 0) is 0 Å². The zero-order chi connectivity index (χ0) is 17.1. The highest BCUT2D eigenvalue weighted by atomic mass is 35.5. The number of amides is 1. The average Bonchev–Trinajstić information content (AvgIpc) is 2.58. The lowest BCUT2D eigenvalue weighted by atomic mass is 9.90. The van der Waals surface area contributed by atoms with E-state index in [1.54, 1.807) is 12.1 Å². The summed E-state index contributed by atoms with van der Waals surface area (Å²) in [6.07, 6.45) is 1.80. The second kappa shape index (κ2) is 7.20. The van der Waals surface area contributed by atoms with Gasteiger partial charge in [0.1, 0.15) is 11.6 Å². The van der Waals surface area contributed by atoms with E-state index < -0.39 is 5.91 Å². The maximum absolute atomic E-state index is 14.4. The number of rotatable bonds is 3. The van der Waals surface area contributed by atoms with Crippen LogP contribution in [0.4, 0.5) is 10.1 Å². The van der Waals surface area contributed by atoms with E-state index in [0.29, 0.717) is 16.3 Å². The van der Waals surface area contributed by atoms with Crippen molar-refractivity contribution in [2.45, 2.75) is 18.8 Å². The molecule has 1 aliphatic heterocycles. The Kier molecular flexibility index (Phi) is 5.02. The van der Waals surface area contributed by atoms with Crippen LogP contribution < -0.4 is 10.6 Å². The molecule has 1 heterocycles. The molecule has 6 heteroatoms. The van der Waals surface area contributed by atoms with Crippen LogP contribution >= 0.6 is 11.6 Å². The number of phenolic OH excluding ortho intramolecular Hbond substituents is 1. The molecule has 3 rings (SSSR count). The number of phenols is 1. The van der Waals surface area contributed by atoms with Crippen molar-refractivity contribution in [1.29, 1.82) is 0 Å². The van der Waals surface area contributed by atoms with Gasteiger partial charge in [-0.3, -0.25) is 4.79 Å². The summed E-state index contributed by atoms with van der Waals surface area (Å²) in [7, 11) is 0. The first-order valence-electron chi connectivity index (χ1n) is 7.84. The second-order valence-electron chi connectivity index (χ2n) is 5.88. The zero-order valence-electron chi connectivity index (χ0n) is 13.0. The number of nitrogens with one attached hydrogen (secondary N) is 2. The number of benzene rings is 2. The lowest BCUT2D eigenvalue weighted by Gasteiger charge is -2.23. The summed E-state index contributed by atoms with van der Waals surface area (Å²) in [5, 5.41) is 15.9. The minimum atomic E-state index is -0.538. The van der Waals surface area contributed by atoms with E-state index in [2.05, 4.69) is 10.6 Å². The van der Waals surface area contributed by atoms with Gasteiger partial charge in [0.25, 0.3) is 5.91 Å². The van der Waals surface area contributed by atoms with E-state index in [-0.39, 0.29) is 23.0 Å². The molecule has 1 saturated heterocycles. The van der Waals surface area contributed by atoms with Gasteiger partial charge in [-0.1, -0.05) is 17.7 Å². The van der Waals surface area contributed by atoms with Gasteiger partial charge in [-0.25, -0.2) is 4.39 Å². The van der Waals surface area contributed by atoms with Crippen LogP contribution in [0.1, 0.15) is 34.7 Å². The molecule has 1 amide bonds. The van der Waals surface area contributed by atoms with Gasteiger partial charge in [0.05, 0.1) is 5.56 Å².